The number of carbonyl (C=O) groups is 1. The molecule has 1 aliphatic heterocycles. The lowest BCUT2D eigenvalue weighted by atomic mass is 10.1. The molecule has 0 radical (unpaired) electrons. The van der Waals surface area contributed by atoms with Crippen LogP contribution in [0.1, 0.15) is 23.2 Å². The summed E-state index contributed by atoms with van der Waals surface area (Å²) in [6.45, 7) is 1.11. The number of aromatic nitrogens is 3. The normalized spacial score (nSPS) is 15.1. The molecule has 152 valence electrons. The standard InChI is InChI=1S/C19H20N4O4S2/c1-22-18(17-5-4-12-27-17)20-21-19(22)28-13-16(24)14-6-8-15(9-7-14)29(25,26)23-10-2-3-11-23/h4-9,12H,2-3,10-11,13H2,1H3. The van der Waals surface area contributed by atoms with Crippen LogP contribution < -0.4 is 0 Å². The summed E-state index contributed by atoms with van der Waals surface area (Å²) in [6.07, 6.45) is 3.33. The minimum Gasteiger partial charge on any atom is -0.461 e. The number of benzene rings is 1. The number of sulfonamides is 1. The molecular weight excluding hydrogens is 412 g/mol. The van der Waals surface area contributed by atoms with Crippen LogP contribution in [0.3, 0.4) is 0 Å². The first-order valence-corrected chi connectivity index (χ1v) is 11.6. The molecule has 8 nitrogen and oxygen atoms in total. The number of furan rings is 1. The Balaban J connectivity index is 1.42. The van der Waals surface area contributed by atoms with E-state index in [-0.39, 0.29) is 16.4 Å². The first-order chi connectivity index (χ1) is 14.0. The van der Waals surface area contributed by atoms with Gasteiger partial charge in [0.1, 0.15) is 0 Å². The van der Waals surface area contributed by atoms with E-state index < -0.39 is 10.0 Å². The molecule has 0 N–H and O–H groups in total. The molecule has 0 saturated carbocycles. The Bertz CT molecular complexity index is 1100. The van der Waals surface area contributed by atoms with Gasteiger partial charge in [-0.05, 0) is 37.1 Å². The maximum Gasteiger partial charge on any atom is 0.243 e. The van der Waals surface area contributed by atoms with Crippen LogP contribution in [-0.4, -0.2) is 52.1 Å². The molecule has 1 aliphatic rings. The van der Waals surface area contributed by atoms with Crippen molar-refractivity contribution in [2.45, 2.75) is 22.9 Å². The summed E-state index contributed by atoms with van der Waals surface area (Å²) in [5.74, 6) is 1.25. The Kier molecular flexibility index (Phi) is 5.57. The average Bonchev–Trinajstić information content (AvgIpc) is 3.48. The van der Waals surface area contributed by atoms with Crippen molar-refractivity contribution in [3.05, 3.63) is 48.2 Å². The van der Waals surface area contributed by atoms with Crippen LogP contribution in [0.15, 0.2) is 57.1 Å². The molecule has 0 unspecified atom stereocenters. The number of hydrogen-bond donors (Lipinski definition) is 0. The minimum atomic E-state index is -3.47. The quantitative estimate of drug-likeness (QED) is 0.418. The van der Waals surface area contributed by atoms with Crippen LogP contribution in [0.2, 0.25) is 0 Å². The second-order valence-electron chi connectivity index (χ2n) is 6.69. The average molecular weight is 433 g/mol. The number of hydrogen-bond acceptors (Lipinski definition) is 7. The van der Waals surface area contributed by atoms with E-state index in [0.717, 1.165) is 12.8 Å². The first kappa shape index (κ1) is 19.9. The molecule has 1 aromatic carbocycles. The second kappa shape index (κ2) is 8.13. The van der Waals surface area contributed by atoms with Crippen LogP contribution in [0, 0.1) is 0 Å². The third kappa shape index (κ3) is 4.00. The molecule has 29 heavy (non-hydrogen) atoms. The fourth-order valence-corrected chi connectivity index (χ4v) is 5.49. The largest absolute Gasteiger partial charge is 0.461 e. The Morgan fingerprint density at radius 2 is 1.86 bits per heavy atom. The molecule has 0 atom stereocenters. The number of thioether (sulfide) groups is 1. The predicted molar refractivity (Wildman–Crippen MR) is 108 cm³/mol. The molecule has 1 saturated heterocycles. The fraction of sp³-hybridized carbons (Fsp3) is 0.316. The monoisotopic (exact) mass is 432 g/mol. The van der Waals surface area contributed by atoms with Gasteiger partial charge in [-0.25, -0.2) is 8.42 Å². The zero-order valence-electron chi connectivity index (χ0n) is 15.8. The number of rotatable bonds is 7. The zero-order chi connectivity index (χ0) is 20.4. The summed E-state index contributed by atoms with van der Waals surface area (Å²) >= 11 is 1.27. The van der Waals surface area contributed by atoms with Crippen molar-refractivity contribution in [2.24, 2.45) is 7.05 Å². The van der Waals surface area contributed by atoms with Crippen LogP contribution in [0.25, 0.3) is 11.6 Å². The maximum absolute atomic E-state index is 12.6. The fourth-order valence-electron chi connectivity index (χ4n) is 3.16. The van der Waals surface area contributed by atoms with Crippen molar-refractivity contribution in [1.82, 2.24) is 19.1 Å². The van der Waals surface area contributed by atoms with Gasteiger partial charge in [0, 0.05) is 25.7 Å². The molecular formula is C19H20N4O4S2. The Labute approximate surface area is 173 Å². The van der Waals surface area contributed by atoms with Crippen molar-refractivity contribution < 1.29 is 17.6 Å². The van der Waals surface area contributed by atoms with E-state index in [0.29, 0.717) is 35.4 Å². The maximum atomic E-state index is 12.6. The van der Waals surface area contributed by atoms with E-state index in [1.54, 1.807) is 35.1 Å². The van der Waals surface area contributed by atoms with Gasteiger partial charge in [-0.1, -0.05) is 23.9 Å². The van der Waals surface area contributed by atoms with E-state index in [1.165, 1.54) is 28.2 Å². The molecule has 1 fully saturated rings. The van der Waals surface area contributed by atoms with E-state index in [9.17, 15) is 13.2 Å². The molecule has 3 aromatic rings. The van der Waals surface area contributed by atoms with Crippen LogP contribution in [-0.2, 0) is 17.1 Å². The van der Waals surface area contributed by atoms with Gasteiger partial charge in [0.2, 0.25) is 10.0 Å². The second-order valence-corrected chi connectivity index (χ2v) is 9.57. The number of nitrogens with zero attached hydrogens (tertiary/aromatic N) is 4. The van der Waals surface area contributed by atoms with Crippen molar-refractivity contribution >= 4 is 27.6 Å². The van der Waals surface area contributed by atoms with Gasteiger partial charge in [-0.15, -0.1) is 10.2 Å². The van der Waals surface area contributed by atoms with Gasteiger partial charge in [-0.3, -0.25) is 4.79 Å². The topological polar surface area (TPSA) is 98.3 Å². The first-order valence-electron chi connectivity index (χ1n) is 9.16. The molecule has 10 heteroatoms. The summed E-state index contributed by atoms with van der Waals surface area (Å²) in [5.41, 5.74) is 0.464. The predicted octanol–water partition coefficient (Wildman–Crippen LogP) is 2.83. The van der Waals surface area contributed by atoms with Crippen LogP contribution in [0.4, 0.5) is 0 Å². The van der Waals surface area contributed by atoms with E-state index in [1.807, 2.05) is 7.05 Å². The van der Waals surface area contributed by atoms with Crippen molar-refractivity contribution in [2.75, 3.05) is 18.8 Å². The van der Waals surface area contributed by atoms with E-state index in [2.05, 4.69) is 10.2 Å². The summed E-state index contributed by atoms with van der Waals surface area (Å²) < 4.78 is 33.7. The Morgan fingerprint density at radius 1 is 1.14 bits per heavy atom. The van der Waals surface area contributed by atoms with Crippen LogP contribution in [0.5, 0.6) is 0 Å². The van der Waals surface area contributed by atoms with E-state index >= 15 is 0 Å². The SMILES string of the molecule is Cn1c(SCC(=O)c2ccc(S(=O)(=O)N3CCCC3)cc2)nnc1-c1ccco1. The number of ketones is 1. The van der Waals surface area contributed by atoms with Crippen molar-refractivity contribution in [1.29, 1.82) is 0 Å². The third-order valence-electron chi connectivity index (χ3n) is 4.79. The minimum absolute atomic E-state index is 0.109. The molecule has 4 rings (SSSR count). The molecule has 2 aromatic heterocycles. The molecule has 0 aliphatic carbocycles. The van der Waals surface area contributed by atoms with Gasteiger partial charge in [0.05, 0.1) is 16.9 Å². The number of Topliss-reactive ketones (excluding diaryl/α,β-unsaturated/α-hetero) is 1. The van der Waals surface area contributed by atoms with Gasteiger partial charge in [0.25, 0.3) is 0 Å². The highest BCUT2D eigenvalue weighted by Crippen LogP contribution is 2.24. The van der Waals surface area contributed by atoms with Crippen molar-refractivity contribution in [3.8, 4) is 11.6 Å². The molecule has 0 amide bonds. The van der Waals surface area contributed by atoms with E-state index in [4.69, 9.17) is 4.42 Å². The van der Waals surface area contributed by atoms with Gasteiger partial charge < -0.3 is 8.98 Å². The lowest BCUT2D eigenvalue weighted by molar-refractivity contribution is 0.102. The highest BCUT2D eigenvalue weighted by atomic mass is 32.2. The summed E-state index contributed by atoms with van der Waals surface area (Å²) in [7, 11) is -1.67. The third-order valence-corrected chi connectivity index (χ3v) is 7.72. The molecule has 0 spiro atoms. The summed E-state index contributed by atoms with van der Waals surface area (Å²) in [6, 6.07) is 9.70. The lowest BCUT2D eigenvalue weighted by Crippen LogP contribution is -2.27. The van der Waals surface area contributed by atoms with Gasteiger partial charge in [-0.2, -0.15) is 4.31 Å². The smallest absolute Gasteiger partial charge is 0.243 e. The summed E-state index contributed by atoms with van der Waals surface area (Å²) in [5, 5.41) is 8.80. The summed E-state index contributed by atoms with van der Waals surface area (Å²) in [4.78, 5) is 12.7. The molecule has 0 bridgehead atoms. The highest BCUT2D eigenvalue weighted by molar-refractivity contribution is 7.99. The lowest BCUT2D eigenvalue weighted by Gasteiger charge is -2.15. The van der Waals surface area contributed by atoms with Crippen LogP contribution >= 0.6 is 11.8 Å². The Morgan fingerprint density at radius 3 is 2.52 bits per heavy atom. The zero-order valence-corrected chi connectivity index (χ0v) is 17.4. The van der Waals surface area contributed by atoms with Gasteiger partial charge >= 0.3 is 0 Å². The Hall–Kier alpha value is -2.43. The molecule has 3 heterocycles. The van der Waals surface area contributed by atoms with Crippen molar-refractivity contribution in [3.63, 3.8) is 0 Å². The number of carbonyl (C=O) groups excluding carboxylic acids is 1. The van der Waals surface area contributed by atoms with Gasteiger partial charge in [0.15, 0.2) is 22.5 Å². The highest BCUT2D eigenvalue weighted by Gasteiger charge is 2.27.